The second-order valence-electron chi connectivity index (χ2n) is 5.68. The lowest BCUT2D eigenvalue weighted by molar-refractivity contribution is -0.116. The molecule has 0 N–H and O–H groups in total. The lowest BCUT2D eigenvalue weighted by Gasteiger charge is -2.26. The van der Waals surface area contributed by atoms with Gasteiger partial charge in [-0.2, -0.15) is 4.31 Å². The molecule has 0 radical (unpaired) electrons. The zero-order chi connectivity index (χ0) is 15.0. The summed E-state index contributed by atoms with van der Waals surface area (Å²) in [6, 6.07) is 5.18. The number of nitrogens with zero attached hydrogens (tertiary/aromatic N) is 2. The van der Waals surface area contributed by atoms with Crippen LogP contribution in [-0.4, -0.2) is 38.3 Å². The van der Waals surface area contributed by atoms with Crippen molar-refractivity contribution in [3.8, 4) is 0 Å². The van der Waals surface area contributed by atoms with E-state index in [1.54, 1.807) is 21.3 Å². The van der Waals surface area contributed by atoms with Crippen LogP contribution in [-0.2, 0) is 21.2 Å². The van der Waals surface area contributed by atoms with Gasteiger partial charge in [0, 0.05) is 32.2 Å². The Kier molecular flexibility index (Phi) is 3.75. The number of carbonyl (C=O) groups is 1. The fraction of sp³-hybridized carbons (Fsp3) is 0.533. The number of benzene rings is 1. The molecule has 1 saturated heterocycles. The summed E-state index contributed by atoms with van der Waals surface area (Å²) in [6.45, 7) is 3.34. The largest absolute Gasteiger partial charge is 0.312 e. The highest BCUT2D eigenvalue weighted by atomic mass is 32.2. The molecule has 6 heteroatoms. The number of carbonyl (C=O) groups excluding carboxylic acids is 1. The van der Waals surface area contributed by atoms with Gasteiger partial charge < -0.3 is 4.90 Å². The van der Waals surface area contributed by atoms with Crippen molar-refractivity contribution in [3.63, 3.8) is 0 Å². The zero-order valence-electron chi connectivity index (χ0n) is 12.2. The molecule has 114 valence electrons. The molecule has 0 spiro atoms. The molecule has 0 unspecified atom stereocenters. The van der Waals surface area contributed by atoms with E-state index in [0.29, 0.717) is 24.5 Å². The van der Waals surface area contributed by atoms with E-state index in [4.69, 9.17) is 0 Å². The van der Waals surface area contributed by atoms with Crippen LogP contribution in [0.3, 0.4) is 0 Å². The van der Waals surface area contributed by atoms with Crippen LogP contribution in [0.15, 0.2) is 23.1 Å². The summed E-state index contributed by atoms with van der Waals surface area (Å²) in [7, 11) is -3.44. The molecule has 2 aliphatic rings. The van der Waals surface area contributed by atoms with Gasteiger partial charge in [0.15, 0.2) is 0 Å². The van der Waals surface area contributed by atoms with E-state index in [1.165, 1.54) is 6.92 Å². The Labute approximate surface area is 125 Å². The summed E-state index contributed by atoms with van der Waals surface area (Å²) in [5, 5.41) is 0. The number of fused-ring (bicyclic) bond motifs is 1. The molecule has 0 saturated carbocycles. The minimum absolute atomic E-state index is 0.0405. The van der Waals surface area contributed by atoms with E-state index in [0.717, 1.165) is 36.9 Å². The molecule has 1 aromatic carbocycles. The Hall–Kier alpha value is -1.40. The van der Waals surface area contributed by atoms with Crippen molar-refractivity contribution in [1.29, 1.82) is 0 Å². The molecule has 0 bridgehead atoms. The summed E-state index contributed by atoms with van der Waals surface area (Å²) in [6.07, 6.45) is 3.72. The lowest BCUT2D eigenvalue weighted by Crippen LogP contribution is -2.35. The van der Waals surface area contributed by atoms with Crippen LogP contribution in [0.2, 0.25) is 0 Å². The van der Waals surface area contributed by atoms with Gasteiger partial charge in [-0.1, -0.05) is 12.5 Å². The summed E-state index contributed by atoms with van der Waals surface area (Å²) < 4.78 is 26.9. The van der Waals surface area contributed by atoms with Gasteiger partial charge in [-0.25, -0.2) is 8.42 Å². The summed E-state index contributed by atoms with van der Waals surface area (Å²) >= 11 is 0. The SMILES string of the molecule is CC(=O)N1CCc2ccc(S(=O)(=O)N3CCCCC3)cc21. The Morgan fingerprint density at radius 3 is 2.48 bits per heavy atom. The number of rotatable bonds is 2. The van der Waals surface area contributed by atoms with Crippen molar-refractivity contribution in [2.24, 2.45) is 0 Å². The molecule has 1 aromatic rings. The number of piperidine rings is 1. The zero-order valence-corrected chi connectivity index (χ0v) is 13.0. The first-order valence-electron chi connectivity index (χ1n) is 7.41. The standard InChI is InChI=1S/C15H20N2O3S/c1-12(18)17-10-7-13-5-6-14(11-15(13)17)21(19,20)16-8-3-2-4-9-16/h5-6,11H,2-4,7-10H2,1H3. The second-order valence-corrected chi connectivity index (χ2v) is 7.61. The predicted molar refractivity (Wildman–Crippen MR) is 80.8 cm³/mol. The first kappa shape index (κ1) is 14.5. The van der Waals surface area contributed by atoms with Crippen LogP contribution in [0.1, 0.15) is 31.7 Å². The summed E-state index contributed by atoms with van der Waals surface area (Å²) in [4.78, 5) is 13.6. The molecule has 21 heavy (non-hydrogen) atoms. The number of amides is 1. The normalized spacial score (nSPS) is 19.6. The predicted octanol–water partition coefficient (Wildman–Crippen LogP) is 1.77. The molecule has 0 atom stereocenters. The van der Waals surface area contributed by atoms with Gasteiger partial charge in [-0.05, 0) is 37.0 Å². The van der Waals surface area contributed by atoms with Crippen molar-refractivity contribution in [3.05, 3.63) is 23.8 Å². The van der Waals surface area contributed by atoms with Crippen LogP contribution < -0.4 is 4.90 Å². The fourth-order valence-electron chi connectivity index (χ4n) is 3.10. The average Bonchev–Trinajstić information content (AvgIpc) is 2.91. The monoisotopic (exact) mass is 308 g/mol. The molecule has 0 aliphatic carbocycles. The van der Waals surface area contributed by atoms with Crippen LogP contribution in [0.4, 0.5) is 5.69 Å². The van der Waals surface area contributed by atoms with Gasteiger partial charge in [0.25, 0.3) is 0 Å². The highest BCUT2D eigenvalue weighted by Crippen LogP contribution is 2.32. The van der Waals surface area contributed by atoms with E-state index in [-0.39, 0.29) is 5.91 Å². The molecular weight excluding hydrogens is 288 g/mol. The lowest BCUT2D eigenvalue weighted by atomic mass is 10.2. The number of anilines is 1. The molecule has 2 aliphatic heterocycles. The molecule has 3 rings (SSSR count). The van der Waals surface area contributed by atoms with E-state index in [1.807, 2.05) is 6.07 Å². The molecule has 1 fully saturated rings. The highest BCUT2D eigenvalue weighted by molar-refractivity contribution is 7.89. The third-order valence-corrected chi connectivity index (χ3v) is 6.18. The van der Waals surface area contributed by atoms with Gasteiger partial charge in [-0.3, -0.25) is 4.79 Å². The average molecular weight is 308 g/mol. The maximum Gasteiger partial charge on any atom is 0.243 e. The van der Waals surface area contributed by atoms with Crippen LogP contribution in [0.25, 0.3) is 0 Å². The van der Waals surface area contributed by atoms with Crippen molar-refractivity contribution in [2.75, 3.05) is 24.5 Å². The smallest absolute Gasteiger partial charge is 0.243 e. The molecular formula is C15H20N2O3S. The van der Waals surface area contributed by atoms with E-state index in [2.05, 4.69) is 0 Å². The minimum atomic E-state index is -3.44. The maximum atomic E-state index is 12.7. The topological polar surface area (TPSA) is 57.7 Å². The van der Waals surface area contributed by atoms with Gasteiger partial charge in [-0.15, -0.1) is 0 Å². The third-order valence-electron chi connectivity index (χ3n) is 4.29. The van der Waals surface area contributed by atoms with Crippen molar-refractivity contribution >= 4 is 21.6 Å². The third kappa shape index (κ3) is 2.58. The Bertz CT molecular complexity index is 663. The van der Waals surface area contributed by atoms with Gasteiger partial charge in [0.2, 0.25) is 15.9 Å². The van der Waals surface area contributed by atoms with E-state index >= 15 is 0 Å². The van der Waals surface area contributed by atoms with Crippen molar-refractivity contribution < 1.29 is 13.2 Å². The van der Waals surface area contributed by atoms with Crippen molar-refractivity contribution in [1.82, 2.24) is 4.31 Å². The Morgan fingerprint density at radius 1 is 1.10 bits per heavy atom. The Morgan fingerprint density at radius 2 is 1.81 bits per heavy atom. The summed E-state index contributed by atoms with van der Waals surface area (Å²) in [5.41, 5.74) is 1.79. The van der Waals surface area contributed by atoms with Gasteiger partial charge >= 0.3 is 0 Å². The Balaban J connectivity index is 1.96. The first-order valence-corrected chi connectivity index (χ1v) is 8.85. The van der Waals surface area contributed by atoms with E-state index in [9.17, 15) is 13.2 Å². The molecule has 0 aromatic heterocycles. The number of hydrogen-bond acceptors (Lipinski definition) is 3. The first-order chi connectivity index (χ1) is 10.00. The van der Waals surface area contributed by atoms with Crippen LogP contribution in [0.5, 0.6) is 0 Å². The molecule has 2 heterocycles. The second kappa shape index (κ2) is 5.42. The number of hydrogen-bond donors (Lipinski definition) is 0. The van der Waals surface area contributed by atoms with E-state index < -0.39 is 10.0 Å². The van der Waals surface area contributed by atoms with Gasteiger partial charge in [0.05, 0.1) is 4.90 Å². The van der Waals surface area contributed by atoms with Crippen LogP contribution in [0, 0.1) is 0 Å². The summed E-state index contributed by atoms with van der Waals surface area (Å²) in [5.74, 6) is -0.0405. The minimum Gasteiger partial charge on any atom is -0.312 e. The van der Waals surface area contributed by atoms with Crippen LogP contribution >= 0.6 is 0 Å². The quantitative estimate of drug-likeness (QED) is 0.836. The highest BCUT2D eigenvalue weighted by Gasteiger charge is 2.29. The number of sulfonamides is 1. The van der Waals surface area contributed by atoms with Crippen molar-refractivity contribution in [2.45, 2.75) is 37.5 Å². The maximum absolute atomic E-state index is 12.7. The fourth-order valence-corrected chi connectivity index (χ4v) is 4.64. The van der Waals surface area contributed by atoms with Gasteiger partial charge in [0.1, 0.15) is 0 Å². The molecule has 1 amide bonds. The molecule has 5 nitrogen and oxygen atoms in total.